The van der Waals surface area contributed by atoms with E-state index < -0.39 is 49.6 Å². The number of rotatable bonds is 9. The zero-order valence-electron chi connectivity index (χ0n) is 9.85. The van der Waals surface area contributed by atoms with E-state index in [0.717, 1.165) is 0 Å². The van der Waals surface area contributed by atoms with Crippen LogP contribution in [0.15, 0.2) is 0 Å². The number of carbonyl (C=O) groups excluding carboxylic acids is 2. The first-order valence-electron chi connectivity index (χ1n) is 5.11. The highest BCUT2D eigenvalue weighted by Gasteiger charge is 2.32. The Bertz CT molecular complexity index is 284. The normalized spacial score (nSPS) is 17.8. The SMILES string of the molecule is CC(O)C(O)C(O[C@@H](CO)OCC(N)=O)C(N)=O. The van der Waals surface area contributed by atoms with Crippen molar-refractivity contribution in [2.75, 3.05) is 13.2 Å². The van der Waals surface area contributed by atoms with Crippen molar-refractivity contribution in [1.82, 2.24) is 0 Å². The van der Waals surface area contributed by atoms with Gasteiger partial charge in [-0.1, -0.05) is 0 Å². The second kappa shape index (κ2) is 7.95. The maximum atomic E-state index is 11.0. The molecule has 4 atom stereocenters. The number of aliphatic hydroxyl groups is 3. The van der Waals surface area contributed by atoms with Crippen LogP contribution in [0.1, 0.15) is 6.92 Å². The molecule has 0 aliphatic heterocycles. The second-order valence-electron chi connectivity index (χ2n) is 3.58. The van der Waals surface area contributed by atoms with Crippen LogP contribution >= 0.6 is 0 Å². The van der Waals surface area contributed by atoms with Crippen molar-refractivity contribution in [3.05, 3.63) is 0 Å². The third-order valence-electron chi connectivity index (χ3n) is 1.94. The van der Waals surface area contributed by atoms with E-state index in [1.54, 1.807) is 0 Å². The highest BCUT2D eigenvalue weighted by molar-refractivity contribution is 5.79. The van der Waals surface area contributed by atoms with E-state index in [1.807, 2.05) is 0 Å². The number of carbonyl (C=O) groups is 2. The molecule has 0 aliphatic carbocycles. The van der Waals surface area contributed by atoms with E-state index in [1.165, 1.54) is 6.92 Å². The van der Waals surface area contributed by atoms with Gasteiger partial charge in [-0.3, -0.25) is 9.59 Å². The molecule has 0 aromatic heterocycles. The summed E-state index contributed by atoms with van der Waals surface area (Å²) < 4.78 is 9.59. The van der Waals surface area contributed by atoms with E-state index in [0.29, 0.717) is 0 Å². The van der Waals surface area contributed by atoms with Gasteiger partial charge in [0.1, 0.15) is 12.7 Å². The lowest BCUT2D eigenvalue weighted by molar-refractivity contribution is -0.213. The van der Waals surface area contributed by atoms with Crippen molar-refractivity contribution >= 4 is 11.8 Å². The molecule has 2 amide bonds. The molecule has 0 aromatic rings. The Hall–Kier alpha value is -1.26. The van der Waals surface area contributed by atoms with Crippen LogP contribution in [0.2, 0.25) is 0 Å². The number of nitrogens with two attached hydrogens (primary N) is 2. The van der Waals surface area contributed by atoms with Crippen molar-refractivity contribution in [3.63, 3.8) is 0 Å². The molecule has 0 aromatic carbocycles. The standard InChI is InChI=1S/C9H18N2O7/c1-4(13)7(15)8(9(11)16)18-6(2-12)17-3-5(10)14/h4,6-8,12-13,15H,2-3H2,1H3,(H2,10,14)(H2,11,16)/t4?,6-,7?,8?/m0/s1. The minimum absolute atomic E-state index is 0.540. The molecular formula is C9H18N2O7. The van der Waals surface area contributed by atoms with Gasteiger partial charge < -0.3 is 36.3 Å². The van der Waals surface area contributed by atoms with E-state index in [4.69, 9.17) is 31.2 Å². The van der Waals surface area contributed by atoms with Crippen LogP contribution in [0, 0.1) is 0 Å². The fourth-order valence-corrected chi connectivity index (χ4v) is 1.04. The Labute approximate surface area is 103 Å². The Balaban J connectivity index is 4.53. The monoisotopic (exact) mass is 266 g/mol. The van der Waals surface area contributed by atoms with E-state index >= 15 is 0 Å². The van der Waals surface area contributed by atoms with Gasteiger partial charge in [0.25, 0.3) is 0 Å². The molecule has 0 radical (unpaired) electrons. The van der Waals surface area contributed by atoms with Crippen LogP contribution in [0.25, 0.3) is 0 Å². The maximum absolute atomic E-state index is 11.0. The van der Waals surface area contributed by atoms with Gasteiger partial charge in [-0.25, -0.2) is 0 Å². The molecule has 0 aliphatic rings. The third-order valence-corrected chi connectivity index (χ3v) is 1.94. The van der Waals surface area contributed by atoms with Gasteiger partial charge in [0.05, 0.1) is 12.7 Å². The maximum Gasteiger partial charge on any atom is 0.249 e. The van der Waals surface area contributed by atoms with Crippen LogP contribution in [0.5, 0.6) is 0 Å². The Kier molecular flexibility index (Phi) is 7.39. The summed E-state index contributed by atoms with van der Waals surface area (Å²) in [6.07, 6.45) is -5.83. The van der Waals surface area contributed by atoms with Crippen LogP contribution < -0.4 is 11.5 Å². The molecule has 106 valence electrons. The molecule has 7 N–H and O–H groups in total. The topological polar surface area (TPSA) is 165 Å². The molecule has 9 nitrogen and oxygen atoms in total. The molecule has 18 heavy (non-hydrogen) atoms. The van der Waals surface area contributed by atoms with Crippen molar-refractivity contribution in [1.29, 1.82) is 0 Å². The fourth-order valence-electron chi connectivity index (χ4n) is 1.04. The molecule has 0 heterocycles. The summed E-state index contributed by atoms with van der Waals surface area (Å²) >= 11 is 0. The number of hydrogen-bond donors (Lipinski definition) is 5. The predicted octanol–water partition coefficient (Wildman–Crippen LogP) is -3.58. The highest BCUT2D eigenvalue weighted by atomic mass is 16.7. The van der Waals surface area contributed by atoms with Gasteiger partial charge in [0.2, 0.25) is 11.8 Å². The van der Waals surface area contributed by atoms with Gasteiger partial charge in [-0.2, -0.15) is 0 Å². The summed E-state index contributed by atoms with van der Waals surface area (Å²) in [6.45, 7) is -0.00669. The molecule has 9 heteroatoms. The highest BCUT2D eigenvalue weighted by Crippen LogP contribution is 2.08. The fraction of sp³-hybridized carbons (Fsp3) is 0.778. The van der Waals surface area contributed by atoms with Gasteiger partial charge in [-0.15, -0.1) is 0 Å². The molecular weight excluding hydrogens is 248 g/mol. The molecule has 0 saturated heterocycles. The van der Waals surface area contributed by atoms with Crippen LogP contribution in [-0.2, 0) is 19.1 Å². The van der Waals surface area contributed by atoms with Crippen LogP contribution in [0.4, 0.5) is 0 Å². The summed E-state index contributed by atoms with van der Waals surface area (Å²) in [6, 6.07) is 0. The van der Waals surface area contributed by atoms with E-state index in [-0.39, 0.29) is 0 Å². The first kappa shape index (κ1) is 16.7. The summed E-state index contributed by atoms with van der Waals surface area (Å²) in [7, 11) is 0. The minimum Gasteiger partial charge on any atom is -0.391 e. The Morgan fingerprint density at radius 1 is 1.28 bits per heavy atom. The van der Waals surface area contributed by atoms with Gasteiger partial charge in [-0.05, 0) is 6.92 Å². The number of primary amides is 2. The number of ether oxygens (including phenoxy) is 2. The molecule has 0 spiro atoms. The quantitative estimate of drug-likeness (QED) is 0.269. The number of aliphatic hydroxyl groups excluding tert-OH is 3. The van der Waals surface area contributed by atoms with Gasteiger partial charge >= 0.3 is 0 Å². The summed E-state index contributed by atoms with van der Waals surface area (Å²) in [5.74, 6) is -1.85. The summed E-state index contributed by atoms with van der Waals surface area (Å²) in [4.78, 5) is 21.5. The largest absolute Gasteiger partial charge is 0.391 e. The van der Waals surface area contributed by atoms with Crippen molar-refractivity contribution in [2.45, 2.75) is 31.5 Å². The zero-order chi connectivity index (χ0) is 14.3. The van der Waals surface area contributed by atoms with E-state index in [9.17, 15) is 14.7 Å². The first-order valence-corrected chi connectivity index (χ1v) is 5.11. The van der Waals surface area contributed by atoms with Gasteiger partial charge in [0.15, 0.2) is 12.4 Å². The Morgan fingerprint density at radius 2 is 1.83 bits per heavy atom. The molecule has 0 fully saturated rings. The molecule has 0 rings (SSSR count). The first-order chi connectivity index (χ1) is 8.29. The predicted molar refractivity (Wildman–Crippen MR) is 57.8 cm³/mol. The number of hydrogen-bond acceptors (Lipinski definition) is 7. The van der Waals surface area contributed by atoms with Crippen LogP contribution in [-0.4, -0.2) is 64.9 Å². The lowest BCUT2D eigenvalue weighted by Gasteiger charge is -2.26. The van der Waals surface area contributed by atoms with Crippen molar-refractivity contribution in [3.8, 4) is 0 Å². The number of amides is 2. The second-order valence-corrected chi connectivity index (χ2v) is 3.58. The zero-order valence-corrected chi connectivity index (χ0v) is 9.85. The van der Waals surface area contributed by atoms with Crippen LogP contribution in [0.3, 0.4) is 0 Å². The summed E-state index contributed by atoms with van der Waals surface area (Å²) in [5, 5.41) is 27.5. The molecule has 3 unspecified atom stereocenters. The molecule has 0 bridgehead atoms. The van der Waals surface area contributed by atoms with Crippen molar-refractivity contribution < 1.29 is 34.4 Å². The third kappa shape index (κ3) is 5.89. The summed E-state index contributed by atoms with van der Waals surface area (Å²) in [5.41, 5.74) is 9.78. The van der Waals surface area contributed by atoms with Gasteiger partial charge in [0, 0.05) is 0 Å². The lowest BCUT2D eigenvalue weighted by atomic mass is 10.1. The average molecular weight is 266 g/mol. The minimum atomic E-state index is -1.59. The lowest BCUT2D eigenvalue weighted by Crippen LogP contribution is -2.49. The van der Waals surface area contributed by atoms with E-state index in [2.05, 4.69) is 0 Å². The van der Waals surface area contributed by atoms with Crippen molar-refractivity contribution in [2.24, 2.45) is 11.5 Å². The Morgan fingerprint density at radius 3 is 2.17 bits per heavy atom. The molecule has 0 saturated carbocycles. The smallest absolute Gasteiger partial charge is 0.249 e. The average Bonchev–Trinajstić information content (AvgIpc) is 2.27.